The summed E-state index contributed by atoms with van der Waals surface area (Å²) in [6.07, 6.45) is -0.841. The molecule has 84 valence electrons. The number of aliphatic hydroxyl groups is 3. The molecule has 0 fully saturated rings. The number of hydrogen-bond donors (Lipinski definition) is 3. The summed E-state index contributed by atoms with van der Waals surface area (Å²) in [5.74, 6) is -0.178. The molecule has 0 saturated heterocycles. The molecule has 1 atom stereocenters. The van der Waals surface area contributed by atoms with Crippen molar-refractivity contribution >= 4 is 11.8 Å². The lowest BCUT2D eigenvalue weighted by molar-refractivity contribution is 0.113. The molecule has 15 heavy (non-hydrogen) atoms. The predicted molar refractivity (Wildman–Crippen MR) is 56.1 cm³/mol. The second-order valence-corrected chi connectivity index (χ2v) is 4.13. The lowest BCUT2D eigenvalue weighted by Crippen LogP contribution is -2.14. The summed E-state index contributed by atoms with van der Waals surface area (Å²) in [5, 5.41) is 26.4. The van der Waals surface area contributed by atoms with Crippen molar-refractivity contribution in [1.82, 2.24) is 0 Å². The Balaban J connectivity index is 2.62. The van der Waals surface area contributed by atoms with Gasteiger partial charge >= 0.3 is 0 Å². The Bertz CT molecular complexity index is 320. The second-order valence-electron chi connectivity index (χ2n) is 3.07. The zero-order valence-corrected chi connectivity index (χ0v) is 8.88. The smallest absolute Gasteiger partial charge is 0.137 e. The van der Waals surface area contributed by atoms with E-state index in [-0.39, 0.29) is 19.0 Å². The number of halogens is 1. The van der Waals surface area contributed by atoms with Crippen LogP contribution in [0.5, 0.6) is 0 Å². The molecule has 0 aromatic heterocycles. The van der Waals surface area contributed by atoms with Crippen molar-refractivity contribution in [3.05, 3.63) is 29.6 Å². The highest BCUT2D eigenvalue weighted by atomic mass is 32.2. The Hall–Kier alpha value is -0.620. The molecule has 0 heterocycles. The first-order valence-corrected chi connectivity index (χ1v) is 5.47. The summed E-state index contributed by atoms with van der Waals surface area (Å²) < 4.78 is 13.3. The quantitative estimate of drug-likeness (QED) is 0.656. The Kier molecular flexibility index (Phi) is 5.04. The van der Waals surface area contributed by atoms with Crippen LogP contribution in [0.3, 0.4) is 0 Å². The maximum Gasteiger partial charge on any atom is 0.137 e. The number of benzene rings is 1. The number of aliphatic hydroxyl groups excluding tert-OH is 3. The van der Waals surface area contributed by atoms with E-state index in [1.54, 1.807) is 12.1 Å². The van der Waals surface area contributed by atoms with E-state index in [9.17, 15) is 4.39 Å². The predicted octanol–water partition coefficient (Wildman–Crippen LogP) is 0.763. The molecule has 5 heteroatoms. The van der Waals surface area contributed by atoms with E-state index in [1.807, 2.05) is 0 Å². The van der Waals surface area contributed by atoms with E-state index < -0.39 is 11.9 Å². The van der Waals surface area contributed by atoms with Crippen LogP contribution in [0.15, 0.2) is 23.1 Å². The SMILES string of the molecule is OCc1ccc(SCC(O)CO)c(F)c1. The highest BCUT2D eigenvalue weighted by molar-refractivity contribution is 7.99. The summed E-state index contributed by atoms with van der Waals surface area (Å²) in [6.45, 7) is -0.523. The molecule has 0 aliphatic heterocycles. The molecule has 1 aromatic carbocycles. The van der Waals surface area contributed by atoms with Crippen molar-refractivity contribution in [2.75, 3.05) is 12.4 Å². The van der Waals surface area contributed by atoms with Gasteiger partial charge in [0.05, 0.1) is 19.3 Å². The van der Waals surface area contributed by atoms with Gasteiger partial charge in [0, 0.05) is 10.6 Å². The van der Waals surface area contributed by atoms with Crippen LogP contribution >= 0.6 is 11.8 Å². The van der Waals surface area contributed by atoms with Crippen molar-refractivity contribution in [3.8, 4) is 0 Å². The lowest BCUT2D eigenvalue weighted by Gasteiger charge is -2.07. The van der Waals surface area contributed by atoms with E-state index in [0.29, 0.717) is 10.5 Å². The molecular formula is C10H13FO3S. The summed E-state index contributed by atoms with van der Waals surface area (Å²) in [5.41, 5.74) is 0.513. The molecule has 0 aliphatic carbocycles. The highest BCUT2D eigenvalue weighted by Crippen LogP contribution is 2.23. The van der Waals surface area contributed by atoms with Crippen LogP contribution in [0.1, 0.15) is 5.56 Å². The van der Waals surface area contributed by atoms with Gasteiger partial charge in [-0.3, -0.25) is 0 Å². The largest absolute Gasteiger partial charge is 0.394 e. The van der Waals surface area contributed by atoms with Crippen molar-refractivity contribution in [1.29, 1.82) is 0 Å². The van der Waals surface area contributed by atoms with Gasteiger partial charge in [0.25, 0.3) is 0 Å². The Morgan fingerprint density at radius 2 is 2.07 bits per heavy atom. The minimum absolute atomic E-state index is 0.193. The molecule has 0 radical (unpaired) electrons. The van der Waals surface area contributed by atoms with E-state index in [4.69, 9.17) is 15.3 Å². The molecule has 0 spiro atoms. The van der Waals surface area contributed by atoms with Crippen molar-refractivity contribution in [3.63, 3.8) is 0 Å². The van der Waals surface area contributed by atoms with Crippen molar-refractivity contribution in [2.24, 2.45) is 0 Å². The molecule has 0 aliphatic rings. The zero-order chi connectivity index (χ0) is 11.3. The first-order chi connectivity index (χ1) is 7.17. The lowest BCUT2D eigenvalue weighted by atomic mass is 10.2. The fraction of sp³-hybridized carbons (Fsp3) is 0.400. The third-order valence-corrected chi connectivity index (χ3v) is 3.01. The standard InChI is InChI=1S/C10H13FO3S/c11-9-3-7(4-12)1-2-10(9)15-6-8(14)5-13/h1-3,8,12-14H,4-6H2. The van der Waals surface area contributed by atoms with Crippen molar-refractivity contribution in [2.45, 2.75) is 17.6 Å². The summed E-state index contributed by atoms with van der Waals surface area (Å²) in [6, 6.07) is 4.43. The van der Waals surface area contributed by atoms with Gasteiger partial charge < -0.3 is 15.3 Å². The third kappa shape index (κ3) is 3.79. The minimum atomic E-state index is -0.841. The van der Waals surface area contributed by atoms with Crippen molar-refractivity contribution < 1.29 is 19.7 Å². The van der Waals surface area contributed by atoms with Crippen LogP contribution in [0.4, 0.5) is 4.39 Å². The topological polar surface area (TPSA) is 60.7 Å². The van der Waals surface area contributed by atoms with Crippen LogP contribution in [0, 0.1) is 5.82 Å². The normalized spacial score (nSPS) is 12.8. The van der Waals surface area contributed by atoms with Crippen LogP contribution in [-0.4, -0.2) is 33.8 Å². The first-order valence-electron chi connectivity index (χ1n) is 4.48. The van der Waals surface area contributed by atoms with E-state index in [2.05, 4.69) is 0 Å². The van der Waals surface area contributed by atoms with Crippen LogP contribution < -0.4 is 0 Å². The molecule has 0 saturated carbocycles. The number of rotatable bonds is 5. The van der Waals surface area contributed by atoms with Gasteiger partial charge in [0.2, 0.25) is 0 Å². The molecule has 1 rings (SSSR count). The Labute approximate surface area is 91.6 Å². The molecule has 3 nitrogen and oxygen atoms in total. The zero-order valence-electron chi connectivity index (χ0n) is 8.06. The van der Waals surface area contributed by atoms with Gasteiger partial charge in [-0.15, -0.1) is 11.8 Å². The maximum atomic E-state index is 13.3. The Morgan fingerprint density at radius 3 is 2.60 bits per heavy atom. The summed E-state index contributed by atoms with van der Waals surface area (Å²) in [4.78, 5) is 0.403. The molecule has 3 N–H and O–H groups in total. The van der Waals surface area contributed by atoms with Gasteiger partial charge in [0.15, 0.2) is 0 Å². The summed E-state index contributed by atoms with van der Waals surface area (Å²) >= 11 is 1.13. The first kappa shape index (κ1) is 12.4. The highest BCUT2D eigenvalue weighted by Gasteiger charge is 2.07. The monoisotopic (exact) mass is 232 g/mol. The Morgan fingerprint density at radius 1 is 1.33 bits per heavy atom. The minimum Gasteiger partial charge on any atom is -0.394 e. The fourth-order valence-corrected chi connectivity index (χ4v) is 1.84. The summed E-state index contributed by atoms with van der Waals surface area (Å²) in [7, 11) is 0. The third-order valence-electron chi connectivity index (χ3n) is 1.82. The molecule has 1 unspecified atom stereocenters. The molecule has 0 bridgehead atoms. The van der Waals surface area contributed by atoms with Gasteiger partial charge in [-0.1, -0.05) is 6.07 Å². The van der Waals surface area contributed by atoms with Gasteiger partial charge in [-0.05, 0) is 17.7 Å². The molecule has 1 aromatic rings. The second kappa shape index (κ2) is 6.07. The van der Waals surface area contributed by atoms with Crippen LogP contribution in [0.25, 0.3) is 0 Å². The van der Waals surface area contributed by atoms with Crippen LogP contribution in [0.2, 0.25) is 0 Å². The van der Waals surface area contributed by atoms with E-state index in [1.165, 1.54) is 6.07 Å². The fourth-order valence-electron chi connectivity index (χ4n) is 0.998. The average Bonchev–Trinajstić information content (AvgIpc) is 2.26. The van der Waals surface area contributed by atoms with Gasteiger partial charge in [-0.2, -0.15) is 0 Å². The molecular weight excluding hydrogens is 219 g/mol. The number of thioether (sulfide) groups is 1. The maximum absolute atomic E-state index is 13.3. The number of hydrogen-bond acceptors (Lipinski definition) is 4. The van der Waals surface area contributed by atoms with Gasteiger partial charge in [0.1, 0.15) is 5.82 Å². The van der Waals surface area contributed by atoms with E-state index >= 15 is 0 Å². The van der Waals surface area contributed by atoms with Gasteiger partial charge in [-0.25, -0.2) is 4.39 Å². The van der Waals surface area contributed by atoms with E-state index in [0.717, 1.165) is 11.8 Å². The molecule has 0 amide bonds. The van der Waals surface area contributed by atoms with Crippen LogP contribution in [-0.2, 0) is 6.61 Å². The average molecular weight is 232 g/mol.